The highest BCUT2D eigenvalue weighted by Crippen LogP contribution is 2.15. The summed E-state index contributed by atoms with van der Waals surface area (Å²) in [7, 11) is 0. The molecule has 0 aromatic heterocycles. The SMILES string of the molecule is CC(C)=CCC/C(C)=C/C=C/c1ccc(/C(C)=C\C(=O)O)cc1. The average molecular weight is 310 g/mol. The Morgan fingerprint density at radius 1 is 1.09 bits per heavy atom. The van der Waals surface area contributed by atoms with E-state index in [1.165, 1.54) is 17.2 Å². The van der Waals surface area contributed by atoms with Crippen molar-refractivity contribution in [2.24, 2.45) is 0 Å². The van der Waals surface area contributed by atoms with Crippen LogP contribution in [0.5, 0.6) is 0 Å². The molecular formula is C21H26O2. The van der Waals surface area contributed by atoms with Crippen molar-refractivity contribution in [2.45, 2.75) is 40.5 Å². The van der Waals surface area contributed by atoms with Crippen LogP contribution in [-0.2, 0) is 4.79 Å². The van der Waals surface area contributed by atoms with Gasteiger partial charge in [0, 0.05) is 6.08 Å². The van der Waals surface area contributed by atoms with Gasteiger partial charge in [-0.15, -0.1) is 0 Å². The summed E-state index contributed by atoms with van der Waals surface area (Å²) < 4.78 is 0. The molecule has 0 atom stereocenters. The van der Waals surface area contributed by atoms with Crippen molar-refractivity contribution in [3.8, 4) is 0 Å². The summed E-state index contributed by atoms with van der Waals surface area (Å²) in [5.74, 6) is -0.916. The molecule has 23 heavy (non-hydrogen) atoms. The minimum Gasteiger partial charge on any atom is -0.478 e. The molecule has 2 heteroatoms. The maximum absolute atomic E-state index is 10.7. The predicted molar refractivity (Wildman–Crippen MR) is 99.2 cm³/mol. The summed E-state index contributed by atoms with van der Waals surface area (Å²) in [5, 5.41) is 8.76. The number of carboxylic acid groups (broad SMARTS) is 1. The Morgan fingerprint density at radius 3 is 2.30 bits per heavy atom. The topological polar surface area (TPSA) is 37.3 Å². The number of carbonyl (C=O) groups is 1. The van der Waals surface area contributed by atoms with E-state index in [4.69, 9.17) is 5.11 Å². The molecular weight excluding hydrogens is 284 g/mol. The van der Waals surface area contributed by atoms with Crippen LogP contribution in [0.1, 0.15) is 51.7 Å². The lowest BCUT2D eigenvalue weighted by Gasteiger charge is -2.01. The number of hydrogen-bond acceptors (Lipinski definition) is 1. The van der Waals surface area contributed by atoms with E-state index in [0.29, 0.717) is 0 Å². The Kier molecular flexibility index (Phi) is 7.82. The summed E-state index contributed by atoms with van der Waals surface area (Å²) in [6, 6.07) is 7.88. The van der Waals surface area contributed by atoms with Gasteiger partial charge < -0.3 is 5.11 Å². The highest BCUT2D eigenvalue weighted by Gasteiger charge is 1.98. The second-order valence-corrected chi connectivity index (χ2v) is 5.98. The van der Waals surface area contributed by atoms with Gasteiger partial charge in [-0.2, -0.15) is 0 Å². The quantitative estimate of drug-likeness (QED) is 0.388. The zero-order valence-corrected chi connectivity index (χ0v) is 14.5. The third kappa shape index (κ3) is 8.01. The van der Waals surface area contributed by atoms with E-state index < -0.39 is 5.97 Å². The lowest BCUT2D eigenvalue weighted by molar-refractivity contribution is -0.131. The lowest BCUT2D eigenvalue weighted by Crippen LogP contribution is -1.89. The van der Waals surface area contributed by atoms with Gasteiger partial charge in [0.25, 0.3) is 0 Å². The highest BCUT2D eigenvalue weighted by atomic mass is 16.4. The second kappa shape index (κ2) is 9.62. The molecule has 0 radical (unpaired) electrons. The fourth-order valence-corrected chi connectivity index (χ4v) is 2.12. The van der Waals surface area contributed by atoms with E-state index in [0.717, 1.165) is 29.5 Å². The molecule has 0 aliphatic carbocycles. The number of aliphatic carboxylic acids is 1. The monoisotopic (exact) mass is 310 g/mol. The molecule has 0 saturated heterocycles. The Morgan fingerprint density at radius 2 is 1.74 bits per heavy atom. The van der Waals surface area contributed by atoms with E-state index in [-0.39, 0.29) is 0 Å². The van der Waals surface area contributed by atoms with Crippen molar-refractivity contribution >= 4 is 17.6 Å². The van der Waals surface area contributed by atoms with E-state index in [2.05, 4.69) is 45.1 Å². The van der Waals surface area contributed by atoms with Gasteiger partial charge in [-0.25, -0.2) is 4.79 Å². The first kappa shape index (κ1) is 18.7. The first-order valence-corrected chi connectivity index (χ1v) is 7.87. The van der Waals surface area contributed by atoms with E-state index in [1.54, 1.807) is 6.92 Å². The van der Waals surface area contributed by atoms with Gasteiger partial charge in [0.1, 0.15) is 0 Å². The Labute approximate surface area is 139 Å². The molecule has 0 saturated carbocycles. The first-order chi connectivity index (χ1) is 10.9. The molecule has 2 nitrogen and oxygen atoms in total. The molecule has 0 heterocycles. The van der Waals surface area contributed by atoms with Crippen molar-refractivity contribution in [2.75, 3.05) is 0 Å². The largest absolute Gasteiger partial charge is 0.478 e. The molecule has 0 unspecified atom stereocenters. The first-order valence-electron chi connectivity index (χ1n) is 7.87. The molecule has 1 aromatic carbocycles. The van der Waals surface area contributed by atoms with Crippen molar-refractivity contribution in [1.82, 2.24) is 0 Å². The average Bonchev–Trinajstić information content (AvgIpc) is 2.46. The van der Waals surface area contributed by atoms with Crippen LogP contribution in [0.25, 0.3) is 11.6 Å². The van der Waals surface area contributed by atoms with Gasteiger partial charge in [0.15, 0.2) is 0 Å². The molecule has 0 fully saturated rings. The maximum Gasteiger partial charge on any atom is 0.328 e. The number of benzene rings is 1. The Bertz CT molecular complexity index is 637. The standard InChI is InChI=1S/C21H26O2/c1-16(2)7-5-8-17(3)9-6-10-19-11-13-20(14-12-19)18(4)15-21(22)23/h6-7,9-15H,5,8H2,1-4H3,(H,22,23)/b10-6+,17-9+,18-15-. The zero-order valence-electron chi connectivity index (χ0n) is 14.5. The van der Waals surface area contributed by atoms with Gasteiger partial charge in [-0.05, 0) is 57.2 Å². The minimum atomic E-state index is -0.916. The fraction of sp³-hybridized carbons (Fsp3) is 0.286. The smallest absolute Gasteiger partial charge is 0.328 e. The molecule has 0 aliphatic heterocycles. The third-order valence-corrected chi connectivity index (χ3v) is 3.47. The van der Waals surface area contributed by atoms with E-state index in [1.807, 2.05) is 24.3 Å². The normalized spacial score (nSPS) is 12.5. The molecule has 122 valence electrons. The summed E-state index contributed by atoms with van der Waals surface area (Å²) in [4.78, 5) is 10.7. The van der Waals surface area contributed by atoms with Crippen LogP contribution >= 0.6 is 0 Å². The minimum absolute atomic E-state index is 0.753. The van der Waals surface area contributed by atoms with Crippen LogP contribution in [0.4, 0.5) is 0 Å². The summed E-state index contributed by atoms with van der Waals surface area (Å²) >= 11 is 0. The van der Waals surface area contributed by atoms with Crippen LogP contribution in [0.2, 0.25) is 0 Å². The van der Waals surface area contributed by atoms with Gasteiger partial charge in [0.05, 0.1) is 0 Å². The van der Waals surface area contributed by atoms with Crippen molar-refractivity contribution < 1.29 is 9.90 Å². The number of carboxylic acids is 1. The summed E-state index contributed by atoms with van der Waals surface area (Å²) in [6.07, 6.45) is 11.9. The van der Waals surface area contributed by atoms with Crippen molar-refractivity contribution in [3.05, 3.63) is 70.8 Å². The third-order valence-electron chi connectivity index (χ3n) is 3.47. The van der Waals surface area contributed by atoms with Gasteiger partial charge in [0.2, 0.25) is 0 Å². The highest BCUT2D eigenvalue weighted by molar-refractivity contribution is 5.89. The lowest BCUT2D eigenvalue weighted by atomic mass is 10.0. The van der Waals surface area contributed by atoms with Crippen LogP contribution < -0.4 is 0 Å². The summed E-state index contributed by atoms with van der Waals surface area (Å²) in [5.41, 5.74) is 5.50. The van der Waals surface area contributed by atoms with E-state index >= 15 is 0 Å². The van der Waals surface area contributed by atoms with Crippen LogP contribution in [0.3, 0.4) is 0 Å². The van der Waals surface area contributed by atoms with Gasteiger partial charge in [-0.1, -0.05) is 59.7 Å². The molecule has 0 aliphatic rings. The molecule has 0 amide bonds. The molecule has 0 bridgehead atoms. The maximum atomic E-state index is 10.7. The Hall–Kier alpha value is -2.35. The molecule has 0 spiro atoms. The predicted octanol–water partition coefficient (Wildman–Crippen LogP) is 5.88. The molecule has 1 aromatic rings. The van der Waals surface area contributed by atoms with Crippen molar-refractivity contribution in [1.29, 1.82) is 0 Å². The van der Waals surface area contributed by atoms with Crippen molar-refractivity contribution in [3.63, 3.8) is 0 Å². The molecule has 1 rings (SSSR count). The van der Waals surface area contributed by atoms with Gasteiger partial charge >= 0.3 is 5.97 Å². The number of rotatable bonds is 7. The zero-order chi connectivity index (χ0) is 17.2. The molecule has 1 N–H and O–H groups in total. The van der Waals surface area contributed by atoms with Crippen LogP contribution in [0, 0.1) is 0 Å². The van der Waals surface area contributed by atoms with Gasteiger partial charge in [-0.3, -0.25) is 0 Å². The fourth-order valence-electron chi connectivity index (χ4n) is 2.12. The van der Waals surface area contributed by atoms with Crippen LogP contribution in [-0.4, -0.2) is 11.1 Å². The van der Waals surface area contributed by atoms with E-state index in [9.17, 15) is 4.79 Å². The van der Waals surface area contributed by atoms with Crippen LogP contribution in [0.15, 0.2) is 59.7 Å². The Balaban J connectivity index is 2.64. The summed E-state index contributed by atoms with van der Waals surface area (Å²) in [6.45, 7) is 8.19. The number of hydrogen-bond donors (Lipinski definition) is 1. The number of allylic oxidation sites excluding steroid dienone is 6. The second-order valence-electron chi connectivity index (χ2n) is 5.98.